The molecule has 0 aliphatic carbocycles. The van der Waals surface area contributed by atoms with Gasteiger partial charge in [0.15, 0.2) is 0 Å². The van der Waals surface area contributed by atoms with Crippen LogP contribution in [0.25, 0.3) is 0 Å². The standard InChI is InChI=1S/C11H18N2O/c1-13(2)7-9-3-5-10(6-4-9)11(12)8-14/h3-6,11,14H,7-8,12H2,1-2H3/t11-/m0/s1. The number of aliphatic hydroxyl groups excluding tert-OH is 1. The summed E-state index contributed by atoms with van der Waals surface area (Å²) in [6, 6.07) is 7.78. The van der Waals surface area contributed by atoms with Crippen molar-refractivity contribution in [2.75, 3.05) is 20.7 Å². The Balaban J connectivity index is 2.68. The fourth-order valence-corrected chi connectivity index (χ4v) is 1.34. The molecule has 0 amide bonds. The predicted octanol–water partition coefficient (Wildman–Crippen LogP) is 0.740. The highest BCUT2D eigenvalue weighted by Crippen LogP contribution is 2.11. The lowest BCUT2D eigenvalue weighted by molar-refractivity contribution is 0.268. The Morgan fingerprint density at radius 2 is 1.86 bits per heavy atom. The van der Waals surface area contributed by atoms with Gasteiger partial charge in [0.25, 0.3) is 0 Å². The molecule has 0 radical (unpaired) electrons. The highest BCUT2D eigenvalue weighted by molar-refractivity contribution is 5.24. The zero-order chi connectivity index (χ0) is 10.6. The summed E-state index contributed by atoms with van der Waals surface area (Å²) in [5, 5.41) is 8.87. The van der Waals surface area contributed by atoms with Crippen LogP contribution in [0.3, 0.4) is 0 Å². The predicted molar refractivity (Wildman–Crippen MR) is 57.8 cm³/mol. The summed E-state index contributed by atoms with van der Waals surface area (Å²) in [5.74, 6) is 0. The molecule has 3 N–H and O–H groups in total. The maximum absolute atomic E-state index is 8.87. The first-order chi connectivity index (χ1) is 6.63. The molecule has 0 unspecified atom stereocenters. The summed E-state index contributed by atoms with van der Waals surface area (Å²) in [7, 11) is 4.07. The van der Waals surface area contributed by atoms with Gasteiger partial charge in [-0.2, -0.15) is 0 Å². The molecule has 1 aromatic carbocycles. The van der Waals surface area contributed by atoms with E-state index in [1.807, 2.05) is 38.4 Å². The molecule has 0 aromatic heterocycles. The van der Waals surface area contributed by atoms with Crippen LogP contribution in [0.15, 0.2) is 24.3 Å². The molecule has 0 fully saturated rings. The maximum atomic E-state index is 8.87. The average Bonchev–Trinajstić information content (AvgIpc) is 2.17. The molecule has 1 atom stereocenters. The van der Waals surface area contributed by atoms with Crippen molar-refractivity contribution in [2.45, 2.75) is 12.6 Å². The van der Waals surface area contributed by atoms with Crippen LogP contribution < -0.4 is 5.73 Å². The van der Waals surface area contributed by atoms with Crippen molar-refractivity contribution >= 4 is 0 Å². The lowest BCUT2D eigenvalue weighted by Crippen LogP contribution is -2.15. The highest BCUT2D eigenvalue weighted by atomic mass is 16.3. The third-order valence-corrected chi connectivity index (χ3v) is 2.10. The number of nitrogens with two attached hydrogens (primary N) is 1. The lowest BCUT2D eigenvalue weighted by Gasteiger charge is -2.12. The Hall–Kier alpha value is -0.900. The minimum absolute atomic E-state index is 0.00692. The molecule has 0 aliphatic heterocycles. The van der Waals surface area contributed by atoms with E-state index in [1.54, 1.807) is 0 Å². The van der Waals surface area contributed by atoms with Crippen molar-refractivity contribution < 1.29 is 5.11 Å². The van der Waals surface area contributed by atoms with Gasteiger partial charge in [0.2, 0.25) is 0 Å². The number of aliphatic hydroxyl groups is 1. The topological polar surface area (TPSA) is 49.5 Å². The monoisotopic (exact) mass is 194 g/mol. The van der Waals surface area contributed by atoms with Crippen LogP contribution in [0.5, 0.6) is 0 Å². The van der Waals surface area contributed by atoms with Crippen LogP contribution in [0.4, 0.5) is 0 Å². The average molecular weight is 194 g/mol. The van der Waals surface area contributed by atoms with Gasteiger partial charge in [-0.05, 0) is 25.2 Å². The van der Waals surface area contributed by atoms with E-state index in [9.17, 15) is 0 Å². The second-order valence-corrected chi connectivity index (χ2v) is 3.77. The summed E-state index contributed by atoms with van der Waals surface area (Å²) in [4.78, 5) is 2.11. The van der Waals surface area contributed by atoms with Gasteiger partial charge in [-0.25, -0.2) is 0 Å². The van der Waals surface area contributed by atoms with E-state index in [0.717, 1.165) is 12.1 Å². The normalized spacial score (nSPS) is 13.2. The van der Waals surface area contributed by atoms with E-state index in [0.29, 0.717) is 0 Å². The molecular weight excluding hydrogens is 176 g/mol. The second-order valence-electron chi connectivity index (χ2n) is 3.77. The Morgan fingerprint density at radius 1 is 1.29 bits per heavy atom. The van der Waals surface area contributed by atoms with Gasteiger partial charge >= 0.3 is 0 Å². The van der Waals surface area contributed by atoms with Crippen molar-refractivity contribution in [3.05, 3.63) is 35.4 Å². The molecule has 1 rings (SSSR count). The van der Waals surface area contributed by atoms with Gasteiger partial charge in [-0.3, -0.25) is 0 Å². The Kier molecular flexibility index (Phi) is 4.07. The zero-order valence-electron chi connectivity index (χ0n) is 8.77. The van der Waals surface area contributed by atoms with Gasteiger partial charge in [0.1, 0.15) is 0 Å². The summed E-state index contributed by atoms with van der Waals surface area (Å²) < 4.78 is 0. The summed E-state index contributed by atoms with van der Waals surface area (Å²) >= 11 is 0. The summed E-state index contributed by atoms with van der Waals surface area (Å²) in [6.07, 6.45) is 0. The smallest absolute Gasteiger partial charge is 0.0624 e. The van der Waals surface area contributed by atoms with Gasteiger partial charge < -0.3 is 15.7 Å². The van der Waals surface area contributed by atoms with Crippen LogP contribution in [0, 0.1) is 0 Å². The minimum Gasteiger partial charge on any atom is -0.394 e. The van der Waals surface area contributed by atoms with Crippen LogP contribution in [0.2, 0.25) is 0 Å². The summed E-state index contributed by atoms with van der Waals surface area (Å²) in [6.45, 7) is 0.918. The van der Waals surface area contributed by atoms with Gasteiger partial charge in [0.05, 0.1) is 12.6 Å². The first-order valence-electron chi connectivity index (χ1n) is 4.73. The van der Waals surface area contributed by atoms with Gasteiger partial charge in [-0.15, -0.1) is 0 Å². The van der Waals surface area contributed by atoms with Gasteiger partial charge in [0, 0.05) is 6.54 Å². The maximum Gasteiger partial charge on any atom is 0.0624 e. The first kappa shape index (κ1) is 11.2. The zero-order valence-corrected chi connectivity index (χ0v) is 8.77. The van der Waals surface area contributed by atoms with E-state index in [4.69, 9.17) is 10.8 Å². The molecule has 78 valence electrons. The molecule has 0 aliphatic rings. The van der Waals surface area contributed by atoms with E-state index >= 15 is 0 Å². The molecule has 0 saturated heterocycles. The minimum atomic E-state index is -0.261. The molecule has 3 nitrogen and oxygen atoms in total. The van der Waals surface area contributed by atoms with E-state index in [1.165, 1.54) is 5.56 Å². The molecule has 0 bridgehead atoms. The van der Waals surface area contributed by atoms with Crippen molar-refractivity contribution in [3.63, 3.8) is 0 Å². The van der Waals surface area contributed by atoms with Crippen LogP contribution >= 0.6 is 0 Å². The lowest BCUT2D eigenvalue weighted by atomic mass is 10.1. The summed E-state index contributed by atoms with van der Waals surface area (Å²) in [5.41, 5.74) is 7.92. The molecule has 1 aromatic rings. The van der Waals surface area contributed by atoms with E-state index in [2.05, 4.69) is 4.90 Å². The van der Waals surface area contributed by atoms with Crippen molar-refractivity contribution in [2.24, 2.45) is 5.73 Å². The quantitative estimate of drug-likeness (QED) is 0.743. The molecule has 0 heterocycles. The Morgan fingerprint density at radius 3 is 2.29 bits per heavy atom. The van der Waals surface area contributed by atoms with Gasteiger partial charge in [-0.1, -0.05) is 24.3 Å². The number of rotatable bonds is 4. The number of hydrogen-bond acceptors (Lipinski definition) is 3. The highest BCUT2D eigenvalue weighted by Gasteiger charge is 2.03. The molecule has 0 spiro atoms. The van der Waals surface area contributed by atoms with E-state index < -0.39 is 0 Å². The third kappa shape index (κ3) is 3.10. The van der Waals surface area contributed by atoms with Crippen LogP contribution in [-0.4, -0.2) is 30.7 Å². The molecule has 3 heteroatoms. The SMILES string of the molecule is CN(C)Cc1ccc([C@@H](N)CO)cc1. The number of nitrogens with zero attached hydrogens (tertiary/aromatic N) is 1. The third-order valence-electron chi connectivity index (χ3n) is 2.10. The fraction of sp³-hybridized carbons (Fsp3) is 0.455. The van der Waals surface area contributed by atoms with Crippen LogP contribution in [0.1, 0.15) is 17.2 Å². The largest absolute Gasteiger partial charge is 0.394 e. The first-order valence-corrected chi connectivity index (χ1v) is 4.73. The van der Waals surface area contributed by atoms with Crippen molar-refractivity contribution in [3.8, 4) is 0 Å². The van der Waals surface area contributed by atoms with E-state index in [-0.39, 0.29) is 12.6 Å². The number of hydrogen-bond donors (Lipinski definition) is 2. The fourth-order valence-electron chi connectivity index (χ4n) is 1.34. The van der Waals surface area contributed by atoms with Crippen molar-refractivity contribution in [1.29, 1.82) is 0 Å². The molecule has 14 heavy (non-hydrogen) atoms. The van der Waals surface area contributed by atoms with Crippen molar-refractivity contribution in [1.82, 2.24) is 4.90 Å². The second kappa shape index (κ2) is 5.10. The molecule has 0 saturated carbocycles. The Bertz CT molecular complexity index is 269. The molecular formula is C11H18N2O. The van der Waals surface area contributed by atoms with Crippen LogP contribution in [-0.2, 0) is 6.54 Å². The Labute approximate surface area is 85.2 Å². The number of benzene rings is 1.